The Labute approximate surface area is 92.0 Å². The molecule has 0 bridgehead atoms. The van der Waals surface area contributed by atoms with Gasteiger partial charge < -0.3 is 0 Å². The quantitative estimate of drug-likeness (QED) is 0.626. The second-order valence-corrected chi connectivity index (χ2v) is 4.23. The molecule has 0 unspecified atom stereocenters. The molecular formula is C9H12ClN3O2. The van der Waals surface area contributed by atoms with Crippen LogP contribution in [0, 0.1) is 10.1 Å². The largest absolute Gasteiger partial charge is 0.329 e. The highest BCUT2D eigenvalue weighted by atomic mass is 35.5. The lowest BCUT2D eigenvalue weighted by atomic mass is 9.86. The molecule has 15 heavy (non-hydrogen) atoms. The summed E-state index contributed by atoms with van der Waals surface area (Å²) in [5.74, 6) is 0.221. The summed E-state index contributed by atoms with van der Waals surface area (Å²) in [5, 5.41) is 17.2. The Balaban J connectivity index is 2.30. The van der Waals surface area contributed by atoms with Crippen molar-refractivity contribution in [1.82, 2.24) is 10.2 Å². The molecule has 1 fully saturated rings. The van der Waals surface area contributed by atoms with Crippen molar-refractivity contribution in [1.29, 1.82) is 0 Å². The van der Waals surface area contributed by atoms with Gasteiger partial charge in [-0.15, -0.1) is 0 Å². The van der Waals surface area contributed by atoms with Crippen molar-refractivity contribution in [3.05, 3.63) is 21.0 Å². The van der Waals surface area contributed by atoms with E-state index in [4.69, 9.17) is 11.6 Å². The number of hydrogen-bond acceptors (Lipinski definition) is 3. The molecular weight excluding hydrogens is 218 g/mol. The zero-order chi connectivity index (χ0) is 10.8. The summed E-state index contributed by atoms with van der Waals surface area (Å²) >= 11 is 5.68. The number of rotatable bonds is 2. The zero-order valence-electron chi connectivity index (χ0n) is 8.20. The molecule has 0 atom stereocenters. The minimum Gasteiger partial charge on any atom is -0.274 e. The molecule has 5 nitrogen and oxygen atoms in total. The van der Waals surface area contributed by atoms with Gasteiger partial charge in [-0.2, -0.15) is 5.10 Å². The molecule has 0 saturated heterocycles. The number of nitro groups is 1. The summed E-state index contributed by atoms with van der Waals surface area (Å²) in [4.78, 5) is 10.4. The van der Waals surface area contributed by atoms with E-state index in [1.165, 1.54) is 6.42 Å². The number of H-pyrrole nitrogens is 1. The van der Waals surface area contributed by atoms with Crippen molar-refractivity contribution in [2.45, 2.75) is 38.0 Å². The Morgan fingerprint density at radius 2 is 2.07 bits per heavy atom. The Kier molecular flexibility index (Phi) is 2.90. The van der Waals surface area contributed by atoms with Crippen LogP contribution in [0.25, 0.3) is 0 Å². The number of nitrogens with zero attached hydrogens (tertiary/aromatic N) is 2. The average Bonchev–Trinajstić information content (AvgIpc) is 2.61. The lowest BCUT2D eigenvalue weighted by Gasteiger charge is -2.19. The molecule has 0 spiro atoms. The molecule has 0 aliphatic heterocycles. The molecule has 1 heterocycles. The maximum atomic E-state index is 10.8. The minimum absolute atomic E-state index is 0.0272. The van der Waals surface area contributed by atoms with E-state index in [9.17, 15) is 10.1 Å². The monoisotopic (exact) mass is 229 g/mol. The van der Waals surface area contributed by atoms with Gasteiger partial charge in [-0.05, 0) is 12.8 Å². The van der Waals surface area contributed by atoms with Crippen LogP contribution < -0.4 is 0 Å². The van der Waals surface area contributed by atoms with Crippen LogP contribution in [0.2, 0.25) is 5.15 Å². The fourth-order valence-electron chi connectivity index (χ4n) is 2.18. The van der Waals surface area contributed by atoms with Crippen LogP contribution in [0.4, 0.5) is 5.69 Å². The van der Waals surface area contributed by atoms with E-state index in [1.807, 2.05) is 0 Å². The van der Waals surface area contributed by atoms with Crippen molar-refractivity contribution < 1.29 is 4.92 Å². The van der Waals surface area contributed by atoms with Crippen molar-refractivity contribution in [3.8, 4) is 0 Å². The maximum absolute atomic E-state index is 10.8. The van der Waals surface area contributed by atoms with Gasteiger partial charge in [0.05, 0.1) is 4.92 Å². The molecule has 1 aromatic rings. The first-order chi connectivity index (χ1) is 7.20. The predicted octanol–water partition coefficient (Wildman–Crippen LogP) is 3.02. The molecule has 0 amide bonds. The molecule has 82 valence electrons. The molecule has 1 N–H and O–H groups in total. The second kappa shape index (κ2) is 4.18. The standard InChI is InChI=1S/C9H12ClN3O2/c10-9-8(13(14)15)7(11-12-9)6-4-2-1-3-5-6/h6H,1-5H2,(H,11,12). The van der Waals surface area contributed by atoms with Crippen molar-refractivity contribution in [3.63, 3.8) is 0 Å². The van der Waals surface area contributed by atoms with E-state index < -0.39 is 4.92 Å². The third-order valence-electron chi connectivity index (χ3n) is 2.92. The highest BCUT2D eigenvalue weighted by Crippen LogP contribution is 2.38. The van der Waals surface area contributed by atoms with Gasteiger partial charge in [-0.1, -0.05) is 30.9 Å². The molecule has 1 aliphatic carbocycles. The highest BCUT2D eigenvalue weighted by molar-refractivity contribution is 6.31. The average molecular weight is 230 g/mol. The van der Waals surface area contributed by atoms with Crippen LogP contribution in [0.1, 0.15) is 43.7 Å². The zero-order valence-corrected chi connectivity index (χ0v) is 8.96. The second-order valence-electron chi connectivity index (χ2n) is 3.87. The normalized spacial score (nSPS) is 17.9. The van der Waals surface area contributed by atoms with E-state index >= 15 is 0 Å². The first-order valence-electron chi connectivity index (χ1n) is 5.08. The molecule has 0 radical (unpaired) electrons. The molecule has 1 aliphatic rings. The van der Waals surface area contributed by atoms with Gasteiger partial charge in [-0.25, -0.2) is 0 Å². The minimum atomic E-state index is -0.449. The van der Waals surface area contributed by atoms with E-state index in [0.29, 0.717) is 5.69 Å². The maximum Gasteiger partial charge on any atom is 0.329 e. The summed E-state index contributed by atoms with van der Waals surface area (Å²) in [5.41, 5.74) is 0.563. The summed E-state index contributed by atoms with van der Waals surface area (Å²) in [6.45, 7) is 0. The summed E-state index contributed by atoms with van der Waals surface area (Å²) < 4.78 is 0. The first-order valence-corrected chi connectivity index (χ1v) is 5.46. The fourth-order valence-corrected chi connectivity index (χ4v) is 2.39. The van der Waals surface area contributed by atoms with E-state index in [-0.39, 0.29) is 16.8 Å². The lowest BCUT2D eigenvalue weighted by Crippen LogP contribution is -2.07. The van der Waals surface area contributed by atoms with Crippen LogP contribution in [0.15, 0.2) is 0 Å². The number of nitrogens with one attached hydrogen (secondary N) is 1. The highest BCUT2D eigenvalue weighted by Gasteiger charge is 2.29. The third-order valence-corrected chi connectivity index (χ3v) is 3.18. The molecule has 6 heteroatoms. The van der Waals surface area contributed by atoms with Gasteiger partial charge in [0.15, 0.2) is 0 Å². The Bertz CT molecular complexity index is 371. The van der Waals surface area contributed by atoms with Crippen LogP contribution >= 0.6 is 11.6 Å². The van der Waals surface area contributed by atoms with Gasteiger partial charge in [0.25, 0.3) is 0 Å². The van der Waals surface area contributed by atoms with Crippen LogP contribution in [0.5, 0.6) is 0 Å². The van der Waals surface area contributed by atoms with Crippen molar-refractivity contribution >= 4 is 17.3 Å². The number of aromatic amines is 1. The summed E-state index contributed by atoms with van der Waals surface area (Å²) in [6.07, 6.45) is 5.43. The Morgan fingerprint density at radius 1 is 1.40 bits per heavy atom. The topological polar surface area (TPSA) is 71.8 Å². The molecule has 1 saturated carbocycles. The fraction of sp³-hybridized carbons (Fsp3) is 0.667. The van der Waals surface area contributed by atoms with E-state index in [1.54, 1.807) is 0 Å². The lowest BCUT2D eigenvalue weighted by molar-refractivity contribution is -0.385. The Morgan fingerprint density at radius 3 is 2.67 bits per heavy atom. The van der Waals surface area contributed by atoms with Crippen LogP contribution in [0.3, 0.4) is 0 Å². The third kappa shape index (κ3) is 1.97. The van der Waals surface area contributed by atoms with Crippen molar-refractivity contribution in [2.75, 3.05) is 0 Å². The van der Waals surface area contributed by atoms with E-state index in [0.717, 1.165) is 25.7 Å². The molecule has 2 rings (SSSR count). The van der Waals surface area contributed by atoms with Gasteiger partial charge in [0.2, 0.25) is 5.15 Å². The summed E-state index contributed by atoms with van der Waals surface area (Å²) in [6, 6.07) is 0. The number of halogens is 1. The predicted molar refractivity (Wildman–Crippen MR) is 56.1 cm³/mol. The molecule has 1 aromatic heterocycles. The van der Waals surface area contributed by atoms with Crippen molar-refractivity contribution in [2.24, 2.45) is 0 Å². The van der Waals surface area contributed by atoms with Gasteiger partial charge in [-0.3, -0.25) is 15.2 Å². The number of aromatic nitrogens is 2. The smallest absolute Gasteiger partial charge is 0.274 e. The van der Waals surface area contributed by atoms with Crippen LogP contribution in [-0.4, -0.2) is 15.1 Å². The first kappa shape index (κ1) is 10.4. The van der Waals surface area contributed by atoms with Gasteiger partial charge in [0.1, 0.15) is 5.69 Å². The number of hydrogen-bond donors (Lipinski definition) is 1. The van der Waals surface area contributed by atoms with Gasteiger partial charge in [0, 0.05) is 5.92 Å². The van der Waals surface area contributed by atoms with E-state index in [2.05, 4.69) is 10.2 Å². The SMILES string of the molecule is O=[N+]([O-])c1c(Cl)n[nH]c1C1CCCCC1. The van der Waals surface area contributed by atoms with Gasteiger partial charge >= 0.3 is 5.69 Å². The molecule has 0 aromatic carbocycles. The summed E-state index contributed by atoms with van der Waals surface area (Å²) in [7, 11) is 0. The van der Waals surface area contributed by atoms with Crippen LogP contribution in [-0.2, 0) is 0 Å². The Hall–Kier alpha value is -1.10.